The van der Waals surface area contributed by atoms with Gasteiger partial charge in [-0.05, 0) is 53.2 Å². The summed E-state index contributed by atoms with van der Waals surface area (Å²) >= 11 is 1.26. The first-order valence-corrected chi connectivity index (χ1v) is 8.27. The van der Waals surface area contributed by atoms with Gasteiger partial charge in [0.1, 0.15) is 12.1 Å². The van der Waals surface area contributed by atoms with Gasteiger partial charge in [-0.1, -0.05) is 12.1 Å². The van der Waals surface area contributed by atoms with Crippen molar-refractivity contribution in [1.29, 1.82) is 0 Å². The summed E-state index contributed by atoms with van der Waals surface area (Å²) < 4.78 is 16.1. The van der Waals surface area contributed by atoms with Crippen LogP contribution in [-0.4, -0.2) is 26.1 Å². The van der Waals surface area contributed by atoms with Gasteiger partial charge in [-0.15, -0.1) is 16.4 Å². The third-order valence-electron chi connectivity index (χ3n) is 3.88. The first-order valence-electron chi connectivity index (χ1n) is 7.46. The minimum absolute atomic E-state index is 0.280. The molecular formula is C17H12FN5OS. The smallest absolute Gasteiger partial charge is 0.265 e. The molecule has 2 aromatic heterocycles. The molecule has 0 fully saturated rings. The highest BCUT2D eigenvalue weighted by Gasteiger charge is 2.15. The number of tetrazole rings is 1. The number of thiophene rings is 1. The van der Waals surface area contributed by atoms with Crippen LogP contribution in [0.4, 0.5) is 10.1 Å². The number of nitrogens with zero attached hydrogens (tertiary/aromatic N) is 4. The molecule has 0 radical (unpaired) electrons. The molecule has 4 rings (SSSR count). The Bertz CT molecular complexity index is 1070. The van der Waals surface area contributed by atoms with Crippen molar-refractivity contribution in [1.82, 2.24) is 20.2 Å². The van der Waals surface area contributed by atoms with E-state index in [4.69, 9.17) is 0 Å². The van der Waals surface area contributed by atoms with Gasteiger partial charge in [0.15, 0.2) is 0 Å². The Kier molecular flexibility index (Phi) is 3.73. The van der Waals surface area contributed by atoms with Crippen LogP contribution in [0.1, 0.15) is 15.2 Å². The molecule has 1 amide bonds. The highest BCUT2D eigenvalue weighted by molar-refractivity contribution is 7.20. The van der Waals surface area contributed by atoms with Gasteiger partial charge in [-0.2, -0.15) is 0 Å². The Labute approximate surface area is 145 Å². The van der Waals surface area contributed by atoms with Gasteiger partial charge in [0.25, 0.3) is 5.91 Å². The minimum atomic E-state index is -0.329. The SMILES string of the molecule is Cc1c(NC(=O)c2cc3c(F)cccc3s2)cccc1-n1cnnn1. The Balaban J connectivity index is 1.66. The van der Waals surface area contributed by atoms with Crippen molar-refractivity contribution >= 4 is 33.0 Å². The summed E-state index contributed by atoms with van der Waals surface area (Å²) in [4.78, 5) is 13.0. The van der Waals surface area contributed by atoms with Crippen molar-refractivity contribution in [2.45, 2.75) is 6.92 Å². The van der Waals surface area contributed by atoms with Crippen LogP contribution in [0, 0.1) is 12.7 Å². The van der Waals surface area contributed by atoms with E-state index in [9.17, 15) is 9.18 Å². The number of carbonyl (C=O) groups excluding carboxylic acids is 1. The highest BCUT2D eigenvalue weighted by Crippen LogP contribution is 2.29. The van der Waals surface area contributed by atoms with E-state index in [0.29, 0.717) is 16.0 Å². The fraction of sp³-hybridized carbons (Fsp3) is 0.0588. The molecule has 6 nitrogen and oxygen atoms in total. The van der Waals surface area contributed by atoms with Crippen LogP contribution in [0.15, 0.2) is 48.8 Å². The molecule has 8 heteroatoms. The number of fused-ring (bicyclic) bond motifs is 1. The summed E-state index contributed by atoms with van der Waals surface area (Å²) in [5.74, 6) is -0.609. The van der Waals surface area contributed by atoms with Crippen LogP contribution < -0.4 is 5.32 Å². The van der Waals surface area contributed by atoms with Crippen LogP contribution in [0.25, 0.3) is 15.8 Å². The predicted molar refractivity (Wildman–Crippen MR) is 93.6 cm³/mol. The van der Waals surface area contributed by atoms with Crippen molar-refractivity contribution in [2.75, 3.05) is 5.32 Å². The fourth-order valence-electron chi connectivity index (χ4n) is 2.60. The zero-order chi connectivity index (χ0) is 17.4. The molecule has 0 unspecified atom stereocenters. The molecule has 0 aliphatic carbocycles. The third-order valence-corrected chi connectivity index (χ3v) is 4.98. The van der Waals surface area contributed by atoms with Crippen molar-refractivity contribution in [3.8, 4) is 5.69 Å². The number of anilines is 1. The van der Waals surface area contributed by atoms with Crippen LogP contribution in [-0.2, 0) is 0 Å². The summed E-state index contributed by atoms with van der Waals surface area (Å²) in [5, 5.41) is 14.4. The summed E-state index contributed by atoms with van der Waals surface area (Å²) in [6, 6.07) is 11.9. The standard InChI is InChI=1S/C17H12FN5OS/c1-10-13(5-3-6-14(10)23-9-19-21-22-23)20-17(24)16-8-11-12(18)4-2-7-15(11)25-16/h2-9H,1H3,(H,20,24). The van der Waals surface area contributed by atoms with Crippen LogP contribution in [0.3, 0.4) is 0 Å². The summed E-state index contributed by atoms with van der Waals surface area (Å²) in [6.07, 6.45) is 1.49. The van der Waals surface area contributed by atoms with Gasteiger partial charge < -0.3 is 5.32 Å². The van der Waals surface area contributed by atoms with Crippen molar-refractivity contribution in [2.24, 2.45) is 0 Å². The second kappa shape index (κ2) is 6.06. The molecule has 124 valence electrons. The molecule has 2 aromatic carbocycles. The van der Waals surface area contributed by atoms with E-state index >= 15 is 0 Å². The average Bonchev–Trinajstić information content (AvgIpc) is 3.26. The van der Waals surface area contributed by atoms with Crippen LogP contribution in [0.5, 0.6) is 0 Å². The first-order chi connectivity index (χ1) is 12.1. The van der Waals surface area contributed by atoms with Gasteiger partial charge >= 0.3 is 0 Å². The van der Waals surface area contributed by atoms with E-state index in [-0.39, 0.29) is 11.7 Å². The van der Waals surface area contributed by atoms with Crippen LogP contribution in [0.2, 0.25) is 0 Å². The number of aromatic nitrogens is 4. The molecule has 1 N–H and O–H groups in total. The minimum Gasteiger partial charge on any atom is -0.321 e. The van der Waals surface area contributed by atoms with Crippen molar-refractivity contribution in [3.05, 3.63) is 65.0 Å². The maximum absolute atomic E-state index is 13.8. The molecule has 2 heterocycles. The molecule has 0 aliphatic rings. The third kappa shape index (κ3) is 2.76. The van der Waals surface area contributed by atoms with Gasteiger partial charge in [-0.3, -0.25) is 4.79 Å². The summed E-state index contributed by atoms with van der Waals surface area (Å²) in [5.41, 5.74) is 2.25. The van der Waals surface area contributed by atoms with E-state index in [0.717, 1.165) is 16.0 Å². The number of amides is 1. The number of nitrogens with one attached hydrogen (secondary N) is 1. The van der Waals surface area contributed by atoms with E-state index in [2.05, 4.69) is 20.8 Å². The van der Waals surface area contributed by atoms with Crippen molar-refractivity contribution in [3.63, 3.8) is 0 Å². The fourth-order valence-corrected chi connectivity index (χ4v) is 3.57. The zero-order valence-electron chi connectivity index (χ0n) is 13.1. The number of hydrogen-bond acceptors (Lipinski definition) is 5. The maximum Gasteiger partial charge on any atom is 0.265 e. The number of hydrogen-bond donors (Lipinski definition) is 1. The Morgan fingerprint density at radius 3 is 2.84 bits per heavy atom. The van der Waals surface area contributed by atoms with Gasteiger partial charge in [0.2, 0.25) is 0 Å². The lowest BCUT2D eigenvalue weighted by molar-refractivity contribution is 0.103. The quantitative estimate of drug-likeness (QED) is 0.611. The lowest BCUT2D eigenvalue weighted by Gasteiger charge is -2.11. The van der Waals surface area contributed by atoms with E-state index < -0.39 is 0 Å². The van der Waals surface area contributed by atoms with Crippen molar-refractivity contribution < 1.29 is 9.18 Å². The molecule has 4 aromatic rings. The molecule has 0 saturated heterocycles. The van der Waals surface area contributed by atoms with Crippen LogP contribution >= 0.6 is 11.3 Å². The number of benzene rings is 2. The Morgan fingerprint density at radius 2 is 2.08 bits per heavy atom. The van der Waals surface area contributed by atoms with E-state index in [1.54, 1.807) is 24.3 Å². The normalized spacial score (nSPS) is 11.0. The van der Waals surface area contributed by atoms with Gasteiger partial charge in [-0.25, -0.2) is 9.07 Å². The lowest BCUT2D eigenvalue weighted by atomic mass is 10.1. The molecule has 0 saturated carbocycles. The van der Waals surface area contributed by atoms with Gasteiger partial charge in [0.05, 0.1) is 10.6 Å². The molecule has 0 spiro atoms. The first kappa shape index (κ1) is 15.4. The monoisotopic (exact) mass is 353 g/mol. The number of carbonyl (C=O) groups is 1. The molecule has 0 aliphatic heterocycles. The van der Waals surface area contributed by atoms with E-state index in [1.165, 1.54) is 28.4 Å². The highest BCUT2D eigenvalue weighted by atomic mass is 32.1. The second-order valence-corrected chi connectivity index (χ2v) is 6.50. The lowest BCUT2D eigenvalue weighted by Crippen LogP contribution is -2.12. The van der Waals surface area contributed by atoms with E-state index in [1.807, 2.05) is 19.1 Å². The predicted octanol–water partition coefficient (Wildman–Crippen LogP) is 3.58. The number of rotatable bonds is 3. The zero-order valence-corrected chi connectivity index (χ0v) is 13.9. The molecular weight excluding hydrogens is 341 g/mol. The second-order valence-electron chi connectivity index (χ2n) is 5.42. The molecule has 0 atom stereocenters. The topological polar surface area (TPSA) is 72.7 Å². The summed E-state index contributed by atoms with van der Waals surface area (Å²) in [6.45, 7) is 1.87. The molecule has 25 heavy (non-hydrogen) atoms. The molecule has 0 bridgehead atoms. The average molecular weight is 353 g/mol. The Hall–Kier alpha value is -3.13. The van der Waals surface area contributed by atoms with Gasteiger partial charge in [0, 0.05) is 15.8 Å². The summed E-state index contributed by atoms with van der Waals surface area (Å²) in [7, 11) is 0. The maximum atomic E-state index is 13.8. The number of halogens is 1. The largest absolute Gasteiger partial charge is 0.321 e. The Morgan fingerprint density at radius 1 is 1.24 bits per heavy atom.